The van der Waals surface area contributed by atoms with Gasteiger partial charge in [0.1, 0.15) is 0 Å². The third kappa shape index (κ3) is 2.76. The monoisotopic (exact) mass is 153 g/mol. The summed E-state index contributed by atoms with van der Waals surface area (Å²) in [6.45, 7) is 0.822. The highest BCUT2D eigenvalue weighted by Gasteiger charge is 2.07. The Morgan fingerprint density at radius 3 is 3.18 bits per heavy atom. The van der Waals surface area contributed by atoms with Crippen LogP contribution in [-0.4, -0.2) is 13.7 Å². The predicted molar refractivity (Wildman–Crippen MR) is 46.0 cm³/mol. The Bertz CT molecular complexity index is 172. The maximum Gasteiger partial charge on any atom is 0.0468 e. The fourth-order valence-corrected chi connectivity index (χ4v) is 1.24. The molecule has 0 aromatic rings. The van der Waals surface area contributed by atoms with E-state index in [9.17, 15) is 0 Å². The van der Waals surface area contributed by atoms with Crippen molar-refractivity contribution >= 4 is 0 Å². The van der Waals surface area contributed by atoms with Gasteiger partial charge in [0.15, 0.2) is 0 Å². The van der Waals surface area contributed by atoms with E-state index in [1.165, 1.54) is 0 Å². The molecule has 0 aromatic carbocycles. The second kappa shape index (κ2) is 4.19. The number of hydrogen-bond acceptors (Lipinski definition) is 2. The van der Waals surface area contributed by atoms with E-state index in [1.807, 2.05) is 12.2 Å². The van der Waals surface area contributed by atoms with E-state index in [1.54, 1.807) is 7.11 Å². The Morgan fingerprint density at radius 2 is 2.55 bits per heavy atom. The molecule has 0 saturated carbocycles. The lowest BCUT2D eigenvalue weighted by molar-refractivity contribution is 0.184. The van der Waals surface area contributed by atoms with Gasteiger partial charge in [0, 0.05) is 19.4 Å². The highest BCUT2D eigenvalue weighted by Crippen LogP contribution is 2.17. The Morgan fingerprint density at radius 1 is 1.73 bits per heavy atom. The van der Waals surface area contributed by atoms with Gasteiger partial charge in [-0.2, -0.15) is 0 Å². The van der Waals surface area contributed by atoms with Crippen LogP contribution in [0.1, 0.15) is 12.8 Å². The fraction of sp³-hybridized carbons (Fsp3) is 0.556. The number of methoxy groups -OCH3 is 1. The summed E-state index contributed by atoms with van der Waals surface area (Å²) in [4.78, 5) is 0. The summed E-state index contributed by atoms with van der Waals surface area (Å²) < 4.78 is 4.99. The van der Waals surface area contributed by atoms with Gasteiger partial charge in [-0.1, -0.05) is 12.2 Å². The molecule has 0 spiro atoms. The fourth-order valence-electron chi connectivity index (χ4n) is 1.24. The van der Waals surface area contributed by atoms with Crippen LogP contribution in [0.25, 0.3) is 0 Å². The van der Waals surface area contributed by atoms with Crippen molar-refractivity contribution in [2.45, 2.75) is 12.8 Å². The molecule has 0 saturated heterocycles. The van der Waals surface area contributed by atoms with Crippen LogP contribution in [0.3, 0.4) is 0 Å². The van der Waals surface area contributed by atoms with Gasteiger partial charge in [-0.3, -0.25) is 0 Å². The average molecular weight is 153 g/mol. The highest BCUT2D eigenvalue weighted by molar-refractivity contribution is 5.17. The summed E-state index contributed by atoms with van der Waals surface area (Å²) in [7, 11) is 1.73. The molecule has 0 heterocycles. The van der Waals surface area contributed by atoms with Gasteiger partial charge >= 0.3 is 0 Å². The normalized spacial score (nSPS) is 23.4. The second-order valence-electron chi connectivity index (χ2n) is 2.87. The summed E-state index contributed by atoms with van der Waals surface area (Å²) in [5, 5.41) is 0. The van der Waals surface area contributed by atoms with Crippen molar-refractivity contribution in [2.24, 2.45) is 11.7 Å². The Kier molecular flexibility index (Phi) is 3.17. The van der Waals surface area contributed by atoms with Crippen molar-refractivity contribution in [2.75, 3.05) is 13.7 Å². The summed E-state index contributed by atoms with van der Waals surface area (Å²) in [6.07, 6.45) is 8.24. The van der Waals surface area contributed by atoms with E-state index < -0.39 is 0 Å². The Labute approximate surface area is 67.7 Å². The first-order chi connectivity index (χ1) is 5.33. The van der Waals surface area contributed by atoms with Gasteiger partial charge in [0.25, 0.3) is 0 Å². The zero-order valence-corrected chi connectivity index (χ0v) is 6.92. The first kappa shape index (κ1) is 8.34. The standard InChI is InChI=1S/C9H15NO/c1-11-6-5-8-3-2-4-9(10)7-8/h2-4,8H,5-7,10H2,1H3. The van der Waals surface area contributed by atoms with Crippen molar-refractivity contribution in [3.05, 3.63) is 23.9 Å². The van der Waals surface area contributed by atoms with E-state index in [0.29, 0.717) is 5.92 Å². The molecule has 1 rings (SSSR count). The molecule has 0 amide bonds. The summed E-state index contributed by atoms with van der Waals surface area (Å²) in [5.41, 5.74) is 6.65. The molecule has 2 heteroatoms. The maximum atomic E-state index is 5.67. The van der Waals surface area contributed by atoms with Crippen LogP contribution in [0.15, 0.2) is 23.9 Å². The molecule has 1 aliphatic rings. The zero-order valence-electron chi connectivity index (χ0n) is 6.92. The summed E-state index contributed by atoms with van der Waals surface area (Å²) >= 11 is 0. The van der Waals surface area contributed by atoms with Crippen LogP contribution < -0.4 is 5.73 Å². The van der Waals surface area contributed by atoms with E-state index in [-0.39, 0.29) is 0 Å². The third-order valence-corrected chi connectivity index (χ3v) is 1.88. The van der Waals surface area contributed by atoms with Crippen molar-refractivity contribution < 1.29 is 4.74 Å². The molecular formula is C9H15NO. The third-order valence-electron chi connectivity index (χ3n) is 1.88. The SMILES string of the molecule is COCCC1C=CC=C(N)C1. The number of rotatable bonds is 3. The molecule has 0 aromatic heterocycles. The number of allylic oxidation sites excluding steroid dienone is 4. The molecule has 1 unspecified atom stereocenters. The molecule has 0 bridgehead atoms. The second-order valence-corrected chi connectivity index (χ2v) is 2.87. The molecule has 11 heavy (non-hydrogen) atoms. The molecule has 1 atom stereocenters. The maximum absolute atomic E-state index is 5.67. The minimum Gasteiger partial charge on any atom is -0.402 e. The summed E-state index contributed by atoms with van der Waals surface area (Å²) in [5.74, 6) is 0.583. The van der Waals surface area contributed by atoms with Gasteiger partial charge in [-0.15, -0.1) is 0 Å². The molecule has 0 radical (unpaired) electrons. The molecule has 0 aliphatic heterocycles. The molecule has 0 fully saturated rings. The lowest BCUT2D eigenvalue weighted by atomic mass is 9.96. The van der Waals surface area contributed by atoms with Crippen molar-refractivity contribution in [3.8, 4) is 0 Å². The molecule has 62 valence electrons. The minimum atomic E-state index is 0.583. The minimum absolute atomic E-state index is 0.583. The van der Waals surface area contributed by atoms with E-state index >= 15 is 0 Å². The van der Waals surface area contributed by atoms with E-state index in [0.717, 1.165) is 25.1 Å². The largest absolute Gasteiger partial charge is 0.402 e. The van der Waals surface area contributed by atoms with Crippen LogP contribution >= 0.6 is 0 Å². The molecule has 2 nitrogen and oxygen atoms in total. The van der Waals surface area contributed by atoms with Crippen molar-refractivity contribution in [1.29, 1.82) is 0 Å². The van der Waals surface area contributed by atoms with Crippen LogP contribution in [0.5, 0.6) is 0 Å². The van der Waals surface area contributed by atoms with Crippen molar-refractivity contribution in [3.63, 3.8) is 0 Å². The van der Waals surface area contributed by atoms with Gasteiger partial charge in [0.2, 0.25) is 0 Å². The smallest absolute Gasteiger partial charge is 0.0468 e. The quantitative estimate of drug-likeness (QED) is 0.666. The Hall–Kier alpha value is -0.760. The van der Waals surface area contributed by atoms with Crippen LogP contribution in [0.4, 0.5) is 0 Å². The first-order valence-corrected chi connectivity index (χ1v) is 3.94. The van der Waals surface area contributed by atoms with Gasteiger partial charge in [0.05, 0.1) is 0 Å². The van der Waals surface area contributed by atoms with Gasteiger partial charge in [-0.25, -0.2) is 0 Å². The van der Waals surface area contributed by atoms with Crippen LogP contribution in [-0.2, 0) is 4.74 Å². The van der Waals surface area contributed by atoms with Crippen LogP contribution in [0.2, 0.25) is 0 Å². The van der Waals surface area contributed by atoms with Crippen molar-refractivity contribution in [1.82, 2.24) is 0 Å². The highest BCUT2D eigenvalue weighted by atomic mass is 16.5. The average Bonchev–Trinajstić information content (AvgIpc) is 2.01. The number of nitrogens with two attached hydrogens (primary N) is 1. The molecule has 1 aliphatic carbocycles. The predicted octanol–water partition coefficient (Wildman–Crippen LogP) is 1.44. The van der Waals surface area contributed by atoms with Gasteiger partial charge in [-0.05, 0) is 24.8 Å². The van der Waals surface area contributed by atoms with E-state index in [2.05, 4.69) is 6.08 Å². The summed E-state index contributed by atoms with van der Waals surface area (Å²) in [6, 6.07) is 0. The topological polar surface area (TPSA) is 35.2 Å². The number of hydrogen-bond donors (Lipinski definition) is 1. The number of ether oxygens (including phenoxy) is 1. The Balaban J connectivity index is 2.28. The molecule has 2 N–H and O–H groups in total. The lowest BCUT2D eigenvalue weighted by Gasteiger charge is -2.14. The lowest BCUT2D eigenvalue weighted by Crippen LogP contribution is -2.09. The van der Waals surface area contributed by atoms with Gasteiger partial charge < -0.3 is 10.5 Å². The van der Waals surface area contributed by atoms with Crippen LogP contribution in [0, 0.1) is 5.92 Å². The van der Waals surface area contributed by atoms with E-state index in [4.69, 9.17) is 10.5 Å². The zero-order chi connectivity index (χ0) is 8.10. The first-order valence-electron chi connectivity index (χ1n) is 3.94. The molecular weight excluding hydrogens is 138 g/mol.